The highest BCUT2D eigenvalue weighted by atomic mass is 16.5. The van der Waals surface area contributed by atoms with Gasteiger partial charge in [0, 0.05) is 29.6 Å². The molecule has 2 aliphatic carbocycles. The maximum absolute atomic E-state index is 6.49. The first kappa shape index (κ1) is 12.3. The summed E-state index contributed by atoms with van der Waals surface area (Å²) in [5, 5.41) is 3.61. The van der Waals surface area contributed by atoms with Gasteiger partial charge in [-0.05, 0) is 33.1 Å². The van der Waals surface area contributed by atoms with Crippen LogP contribution in [0, 0.1) is 5.41 Å². The van der Waals surface area contributed by atoms with E-state index in [0.29, 0.717) is 11.6 Å². The van der Waals surface area contributed by atoms with Gasteiger partial charge in [0.05, 0.1) is 6.10 Å². The maximum atomic E-state index is 6.49. The van der Waals surface area contributed by atoms with E-state index in [4.69, 9.17) is 10.5 Å². The van der Waals surface area contributed by atoms with Crippen molar-refractivity contribution in [3.8, 4) is 0 Å². The van der Waals surface area contributed by atoms with Crippen molar-refractivity contribution in [3.63, 3.8) is 0 Å². The van der Waals surface area contributed by atoms with E-state index < -0.39 is 0 Å². The van der Waals surface area contributed by atoms with Gasteiger partial charge in [-0.15, -0.1) is 0 Å². The molecule has 0 heterocycles. The fourth-order valence-electron chi connectivity index (χ4n) is 2.54. The lowest BCUT2D eigenvalue weighted by Gasteiger charge is -2.59. The summed E-state index contributed by atoms with van der Waals surface area (Å²) < 4.78 is 5.73. The molecule has 0 bridgehead atoms. The Hall–Kier alpha value is -0.120. The number of ether oxygens (including phenoxy) is 1. The van der Waals surface area contributed by atoms with Gasteiger partial charge in [-0.2, -0.15) is 0 Å². The topological polar surface area (TPSA) is 47.3 Å². The molecule has 0 aromatic heterocycles. The standard InChI is InChI=1S/C13H26N2O/c1-5-16-10-8-13(14,11(10,2)3)9-15-12(4)6-7-12/h10,15H,5-9,14H2,1-4H3. The molecule has 0 spiro atoms. The van der Waals surface area contributed by atoms with Crippen LogP contribution in [0.15, 0.2) is 0 Å². The zero-order valence-electron chi connectivity index (χ0n) is 11.1. The molecule has 94 valence electrons. The third kappa shape index (κ3) is 1.89. The van der Waals surface area contributed by atoms with Crippen LogP contribution in [0.2, 0.25) is 0 Å². The number of rotatable bonds is 5. The quantitative estimate of drug-likeness (QED) is 0.749. The van der Waals surface area contributed by atoms with E-state index in [1.165, 1.54) is 12.8 Å². The third-order valence-electron chi connectivity index (χ3n) is 4.84. The Morgan fingerprint density at radius 1 is 1.31 bits per heavy atom. The van der Waals surface area contributed by atoms with E-state index in [9.17, 15) is 0 Å². The minimum Gasteiger partial charge on any atom is -0.378 e. The van der Waals surface area contributed by atoms with Crippen LogP contribution in [-0.4, -0.2) is 30.3 Å². The Bertz CT molecular complexity index is 273. The molecule has 2 rings (SSSR count). The summed E-state index contributed by atoms with van der Waals surface area (Å²) in [7, 11) is 0. The highest BCUT2D eigenvalue weighted by Crippen LogP contribution is 2.50. The van der Waals surface area contributed by atoms with Crippen molar-refractivity contribution >= 4 is 0 Å². The van der Waals surface area contributed by atoms with Crippen LogP contribution in [-0.2, 0) is 4.74 Å². The monoisotopic (exact) mass is 226 g/mol. The van der Waals surface area contributed by atoms with Crippen LogP contribution < -0.4 is 11.1 Å². The largest absolute Gasteiger partial charge is 0.378 e. The smallest absolute Gasteiger partial charge is 0.0662 e. The average Bonchev–Trinajstić information content (AvgIpc) is 2.94. The Labute approximate surface area is 99.1 Å². The normalized spacial score (nSPS) is 39.2. The summed E-state index contributed by atoms with van der Waals surface area (Å²) in [4.78, 5) is 0. The molecular formula is C13H26N2O. The first-order valence-corrected chi connectivity index (χ1v) is 6.48. The molecule has 0 radical (unpaired) electrons. The highest BCUT2D eigenvalue weighted by molar-refractivity contribution is 5.16. The van der Waals surface area contributed by atoms with Crippen molar-refractivity contribution in [2.24, 2.45) is 11.1 Å². The molecule has 2 fully saturated rings. The SMILES string of the molecule is CCOC1CC(N)(CNC2(C)CC2)C1(C)C. The molecule has 2 atom stereocenters. The van der Waals surface area contributed by atoms with Gasteiger partial charge in [-0.25, -0.2) is 0 Å². The van der Waals surface area contributed by atoms with Crippen molar-refractivity contribution in [3.05, 3.63) is 0 Å². The summed E-state index contributed by atoms with van der Waals surface area (Å²) >= 11 is 0. The van der Waals surface area contributed by atoms with Gasteiger partial charge in [0.15, 0.2) is 0 Å². The summed E-state index contributed by atoms with van der Waals surface area (Å²) in [5.74, 6) is 0. The Kier molecular flexibility index (Phi) is 2.84. The van der Waals surface area contributed by atoms with Crippen molar-refractivity contribution in [2.75, 3.05) is 13.2 Å². The van der Waals surface area contributed by atoms with Crippen molar-refractivity contribution in [1.82, 2.24) is 5.32 Å². The Balaban J connectivity index is 1.89. The van der Waals surface area contributed by atoms with Crippen LogP contribution >= 0.6 is 0 Å². The highest BCUT2D eigenvalue weighted by Gasteiger charge is 2.58. The van der Waals surface area contributed by atoms with Crippen molar-refractivity contribution in [2.45, 2.75) is 64.1 Å². The summed E-state index contributed by atoms with van der Waals surface area (Å²) in [5.41, 5.74) is 6.85. The minimum atomic E-state index is -0.0988. The van der Waals surface area contributed by atoms with Crippen LogP contribution in [0.5, 0.6) is 0 Å². The van der Waals surface area contributed by atoms with Crippen LogP contribution in [0.1, 0.15) is 47.0 Å². The summed E-state index contributed by atoms with van der Waals surface area (Å²) in [6.07, 6.45) is 3.89. The molecule has 0 aliphatic heterocycles. The predicted molar refractivity (Wildman–Crippen MR) is 66.4 cm³/mol. The molecule has 3 heteroatoms. The average molecular weight is 226 g/mol. The fourth-order valence-corrected chi connectivity index (χ4v) is 2.54. The number of nitrogens with one attached hydrogen (secondary N) is 1. The zero-order valence-corrected chi connectivity index (χ0v) is 11.1. The third-order valence-corrected chi connectivity index (χ3v) is 4.84. The molecule has 3 N–H and O–H groups in total. The van der Waals surface area contributed by atoms with E-state index in [0.717, 1.165) is 19.6 Å². The molecule has 2 saturated carbocycles. The number of hydrogen-bond acceptors (Lipinski definition) is 3. The molecule has 2 unspecified atom stereocenters. The van der Waals surface area contributed by atoms with Crippen LogP contribution in [0.3, 0.4) is 0 Å². The van der Waals surface area contributed by atoms with E-state index in [2.05, 4.69) is 33.0 Å². The lowest BCUT2D eigenvalue weighted by molar-refractivity contribution is -0.148. The van der Waals surface area contributed by atoms with E-state index >= 15 is 0 Å². The second kappa shape index (κ2) is 3.69. The molecular weight excluding hydrogens is 200 g/mol. The van der Waals surface area contributed by atoms with E-state index in [1.807, 2.05) is 0 Å². The minimum absolute atomic E-state index is 0.0846. The lowest BCUT2D eigenvalue weighted by atomic mass is 9.54. The van der Waals surface area contributed by atoms with Crippen LogP contribution in [0.4, 0.5) is 0 Å². The molecule has 0 amide bonds. The summed E-state index contributed by atoms with van der Waals surface area (Å²) in [6.45, 7) is 10.5. The lowest BCUT2D eigenvalue weighted by Crippen LogP contribution is -2.73. The summed E-state index contributed by atoms with van der Waals surface area (Å²) in [6, 6.07) is 0. The zero-order chi connectivity index (χ0) is 12.0. The molecule has 0 aromatic carbocycles. The first-order chi connectivity index (χ1) is 7.33. The number of nitrogens with two attached hydrogens (primary N) is 1. The van der Waals surface area contributed by atoms with Gasteiger partial charge in [-0.1, -0.05) is 13.8 Å². The van der Waals surface area contributed by atoms with Gasteiger partial charge in [0.2, 0.25) is 0 Å². The predicted octanol–water partition coefficient (Wildman–Crippen LogP) is 1.66. The maximum Gasteiger partial charge on any atom is 0.0662 e. The molecule has 3 nitrogen and oxygen atoms in total. The van der Waals surface area contributed by atoms with Gasteiger partial charge < -0.3 is 15.8 Å². The molecule has 0 saturated heterocycles. The van der Waals surface area contributed by atoms with E-state index in [1.54, 1.807) is 0 Å². The molecule has 0 aromatic rings. The van der Waals surface area contributed by atoms with Gasteiger partial charge in [-0.3, -0.25) is 0 Å². The van der Waals surface area contributed by atoms with Crippen LogP contribution in [0.25, 0.3) is 0 Å². The first-order valence-electron chi connectivity index (χ1n) is 6.48. The second-order valence-corrected chi connectivity index (χ2v) is 6.44. The van der Waals surface area contributed by atoms with Gasteiger partial charge in [0.25, 0.3) is 0 Å². The van der Waals surface area contributed by atoms with Gasteiger partial charge in [0.1, 0.15) is 0 Å². The second-order valence-electron chi connectivity index (χ2n) is 6.44. The molecule has 16 heavy (non-hydrogen) atoms. The fraction of sp³-hybridized carbons (Fsp3) is 1.00. The van der Waals surface area contributed by atoms with Crippen molar-refractivity contribution in [1.29, 1.82) is 0 Å². The Morgan fingerprint density at radius 2 is 1.94 bits per heavy atom. The molecule has 2 aliphatic rings. The van der Waals surface area contributed by atoms with Crippen molar-refractivity contribution < 1.29 is 4.74 Å². The van der Waals surface area contributed by atoms with E-state index in [-0.39, 0.29) is 11.0 Å². The van der Waals surface area contributed by atoms with Gasteiger partial charge >= 0.3 is 0 Å². The number of hydrogen-bond donors (Lipinski definition) is 2. The Morgan fingerprint density at radius 3 is 2.38 bits per heavy atom.